The molecule has 2 N–H and O–H groups in total. The van der Waals surface area contributed by atoms with Crippen LogP contribution in [0.25, 0.3) is 5.69 Å². The topological polar surface area (TPSA) is 122 Å². The van der Waals surface area contributed by atoms with Crippen molar-refractivity contribution in [1.29, 1.82) is 0 Å². The van der Waals surface area contributed by atoms with Crippen molar-refractivity contribution in [3.63, 3.8) is 0 Å². The number of hydrogen-bond donors (Lipinski definition) is 2. The summed E-state index contributed by atoms with van der Waals surface area (Å²) >= 11 is 0. The number of benzene rings is 2. The molecule has 1 amide bonds. The van der Waals surface area contributed by atoms with Crippen LogP contribution in [-0.2, 0) is 5.41 Å². The molecule has 0 aliphatic heterocycles. The molecule has 9 heteroatoms. The molecule has 0 radical (unpaired) electrons. The van der Waals surface area contributed by atoms with Crippen molar-refractivity contribution in [2.24, 2.45) is 5.10 Å². The van der Waals surface area contributed by atoms with Crippen LogP contribution >= 0.6 is 0 Å². The number of nitro benzene ring substituents is 1. The van der Waals surface area contributed by atoms with Gasteiger partial charge in [0, 0.05) is 23.4 Å². The lowest BCUT2D eigenvalue weighted by Crippen LogP contribution is -2.23. The maximum absolute atomic E-state index is 13.0. The van der Waals surface area contributed by atoms with Crippen molar-refractivity contribution in [2.45, 2.75) is 40.0 Å². The summed E-state index contributed by atoms with van der Waals surface area (Å²) in [5.41, 5.74) is 5.38. The summed E-state index contributed by atoms with van der Waals surface area (Å²) in [5, 5.41) is 17.8. The molecule has 0 unspecified atom stereocenters. The minimum atomic E-state index is -0.541. The lowest BCUT2D eigenvalue weighted by atomic mass is 9.87. The van der Waals surface area contributed by atoms with Crippen molar-refractivity contribution in [3.8, 4) is 5.69 Å². The van der Waals surface area contributed by atoms with Gasteiger partial charge in [0.15, 0.2) is 0 Å². The molecule has 0 bridgehead atoms. The predicted octanol–water partition coefficient (Wildman–Crippen LogP) is 3.83. The molecule has 0 spiro atoms. The minimum absolute atomic E-state index is 0.00539. The van der Waals surface area contributed by atoms with Gasteiger partial charge in [-0.25, -0.2) is 10.1 Å². The quantitative estimate of drug-likeness (QED) is 0.359. The molecule has 3 rings (SSSR count). The van der Waals surface area contributed by atoms with Crippen LogP contribution in [0.5, 0.6) is 0 Å². The number of carbonyl (C=O) groups excluding carboxylic acids is 1. The van der Waals surface area contributed by atoms with Gasteiger partial charge in [-0.2, -0.15) is 5.10 Å². The van der Waals surface area contributed by atoms with Crippen LogP contribution in [0.1, 0.15) is 54.9 Å². The lowest BCUT2D eigenvalue weighted by Gasteiger charge is -2.19. The number of nitrogens with one attached hydrogen (secondary N) is 2. The summed E-state index contributed by atoms with van der Waals surface area (Å²) in [6.45, 7) is 9.75. The summed E-state index contributed by atoms with van der Waals surface area (Å²) in [4.78, 5) is 35.5. The van der Waals surface area contributed by atoms with Crippen molar-refractivity contribution >= 4 is 17.3 Å². The second kappa shape index (κ2) is 8.62. The third-order valence-corrected chi connectivity index (χ3v) is 5.09. The number of hydrazone groups is 1. The Morgan fingerprint density at radius 1 is 1.09 bits per heavy atom. The summed E-state index contributed by atoms with van der Waals surface area (Å²) < 4.78 is 1.44. The van der Waals surface area contributed by atoms with E-state index in [0.29, 0.717) is 22.7 Å². The molecule has 1 aromatic heterocycles. The average Bonchev–Trinajstić information content (AvgIpc) is 3.05. The molecule has 9 nitrogen and oxygen atoms in total. The van der Waals surface area contributed by atoms with E-state index in [0.717, 1.165) is 5.56 Å². The van der Waals surface area contributed by atoms with Crippen LogP contribution < -0.4 is 11.0 Å². The molecule has 3 aromatic rings. The number of aryl methyl sites for hydroxylation is 1. The van der Waals surface area contributed by atoms with Crippen LogP contribution in [0.15, 0.2) is 58.4 Å². The number of non-ortho nitro benzene ring substituents is 1. The minimum Gasteiger partial charge on any atom is -0.295 e. The highest BCUT2D eigenvalue weighted by Crippen LogP contribution is 2.23. The molecule has 0 atom stereocenters. The van der Waals surface area contributed by atoms with Crippen molar-refractivity contribution in [3.05, 3.63) is 91.4 Å². The number of aromatic nitrogens is 2. The maximum Gasteiger partial charge on any atom is 0.280 e. The van der Waals surface area contributed by atoms with E-state index in [-0.39, 0.29) is 22.2 Å². The zero-order chi connectivity index (χ0) is 23.6. The highest BCUT2D eigenvalue weighted by atomic mass is 16.6. The molecule has 0 fully saturated rings. The van der Waals surface area contributed by atoms with E-state index in [2.05, 4.69) is 36.4 Å². The Morgan fingerprint density at radius 2 is 1.69 bits per heavy atom. The number of hydrogen-bond acceptors (Lipinski definition) is 5. The SMILES string of the molecule is CC(=NNC(=O)c1ccc([N+](=O)[O-])cc1)c1c(C)[nH]n(-c2ccc(C(C)(C)C)cc2)c1=O. The fourth-order valence-electron chi connectivity index (χ4n) is 3.25. The number of H-pyrrole nitrogens is 1. The molecular weight excluding hydrogens is 410 g/mol. The van der Waals surface area contributed by atoms with E-state index < -0.39 is 10.8 Å². The zero-order valence-electron chi connectivity index (χ0n) is 18.6. The third kappa shape index (κ3) is 4.66. The first-order valence-corrected chi connectivity index (χ1v) is 10.0. The Hall–Kier alpha value is -4.01. The predicted molar refractivity (Wildman–Crippen MR) is 123 cm³/mol. The Balaban J connectivity index is 1.83. The average molecular weight is 435 g/mol. The van der Waals surface area contributed by atoms with Gasteiger partial charge in [0.1, 0.15) is 0 Å². The Kier molecular flexibility index (Phi) is 6.11. The number of nitro groups is 1. The monoisotopic (exact) mass is 435 g/mol. The smallest absolute Gasteiger partial charge is 0.280 e. The Labute approximate surface area is 184 Å². The van der Waals surface area contributed by atoms with Crippen LogP contribution in [0.3, 0.4) is 0 Å². The second-order valence-corrected chi connectivity index (χ2v) is 8.49. The van der Waals surface area contributed by atoms with Gasteiger partial charge in [-0.1, -0.05) is 32.9 Å². The second-order valence-electron chi connectivity index (χ2n) is 8.49. The zero-order valence-corrected chi connectivity index (χ0v) is 18.6. The van der Waals surface area contributed by atoms with E-state index in [1.54, 1.807) is 13.8 Å². The van der Waals surface area contributed by atoms with E-state index >= 15 is 0 Å². The summed E-state index contributed by atoms with van der Waals surface area (Å²) in [6, 6.07) is 12.9. The summed E-state index contributed by atoms with van der Waals surface area (Å²) in [5.74, 6) is -0.537. The first kappa shape index (κ1) is 22.7. The molecule has 166 valence electrons. The number of nitrogens with zero attached hydrogens (tertiary/aromatic N) is 3. The molecular formula is C23H25N5O4. The fourth-order valence-corrected chi connectivity index (χ4v) is 3.25. The van der Waals surface area contributed by atoms with Crippen molar-refractivity contribution in [2.75, 3.05) is 0 Å². The van der Waals surface area contributed by atoms with Crippen LogP contribution in [0, 0.1) is 17.0 Å². The van der Waals surface area contributed by atoms with Gasteiger partial charge < -0.3 is 0 Å². The normalized spacial score (nSPS) is 12.0. The van der Waals surface area contributed by atoms with Crippen LogP contribution in [0.4, 0.5) is 5.69 Å². The van der Waals surface area contributed by atoms with Gasteiger partial charge in [-0.3, -0.25) is 24.8 Å². The summed E-state index contributed by atoms with van der Waals surface area (Å²) in [6.07, 6.45) is 0. The Morgan fingerprint density at radius 3 is 2.22 bits per heavy atom. The van der Waals surface area contributed by atoms with Crippen molar-refractivity contribution < 1.29 is 9.72 Å². The van der Waals surface area contributed by atoms with Gasteiger partial charge in [0.25, 0.3) is 17.2 Å². The highest BCUT2D eigenvalue weighted by Gasteiger charge is 2.17. The molecule has 0 aliphatic rings. The number of amides is 1. The number of aromatic amines is 1. The fraction of sp³-hybridized carbons (Fsp3) is 0.261. The number of carbonyl (C=O) groups is 1. The van der Waals surface area contributed by atoms with Gasteiger partial charge in [0.05, 0.1) is 21.9 Å². The van der Waals surface area contributed by atoms with Crippen molar-refractivity contribution in [1.82, 2.24) is 15.2 Å². The molecule has 0 aliphatic carbocycles. The van der Waals surface area contributed by atoms with E-state index in [1.807, 2.05) is 24.3 Å². The number of rotatable bonds is 5. The van der Waals surface area contributed by atoms with Crippen LogP contribution in [-0.4, -0.2) is 26.3 Å². The molecule has 2 aromatic carbocycles. The van der Waals surface area contributed by atoms with E-state index in [9.17, 15) is 19.7 Å². The summed E-state index contributed by atoms with van der Waals surface area (Å²) in [7, 11) is 0. The van der Waals surface area contributed by atoms with Gasteiger partial charge in [-0.05, 0) is 49.1 Å². The Bertz CT molecular complexity index is 1240. The molecule has 32 heavy (non-hydrogen) atoms. The largest absolute Gasteiger partial charge is 0.295 e. The first-order valence-electron chi connectivity index (χ1n) is 10.0. The van der Waals surface area contributed by atoms with Gasteiger partial charge >= 0.3 is 0 Å². The molecule has 0 saturated carbocycles. The molecule has 1 heterocycles. The standard InChI is InChI=1S/C23H25N5O4/c1-14(24-25-21(29)16-6-10-19(11-7-16)28(31)32)20-15(2)26-27(22(20)30)18-12-8-17(9-13-18)23(3,4)5/h6-13,26H,1-5H3,(H,25,29). The van der Waals surface area contributed by atoms with E-state index in [4.69, 9.17) is 0 Å². The van der Waals surface area contributed by atoms with E-state index in [1.165, 1.54) is 28.9 Å². The maximum atomic E-state index is 13.0. The lowest BCUT2D eigenvalue weighted by molar-refractivity contribution is -0.384. The highest BCUT2D eigenvalue weighted by molar-refractivity contribution is 6.01. The van der Waals surface area contributed by atoms with Gasteiger partial charge in [0.2, 0.25) is 0 Å². The van der Waals surface area contributed by atoms with Gasteiger partial charge in [-0.15, -0.1) is 0 Å². The first-order chi connectivity index (χ1) is 15.0. The third-order valence-electron chi connectivity index (χ3n) is 5.09. The van der Waals surface area contributed by atoms with Crippen LogP contribution in [0.2, 0.25) is 0 Å². The molecule has 0 saturated heterocycles.